The van der Waals surface area contributed by atoms with E-state index in [0.29, 0.717) is 12.0 Å². The second kappa shape index (κ2) is 9.52. The summed E-state index contributed by atoms with van der Waals surface area (Å²) in [4.78, 5) is 24.3. The molecular weight excluding hydrogens is 470 g/mol. The zero-order valence-electron chi connectivity index (χ0n) is 16.1. The highest BCUT2D eigenvalue weighted by atomic mass is 35.5. The number of aliphatic carboxylic acids is 1. The van der Waals surface area contributed by atoms with Gasteiger partial charge in [0.05, 0.1) is 4.90 Å². The van der Waals surface area contributed by atoms with E-state index in [1.165, 1.54) is 42.5 Å². The maximum Gasteiger partial charge on any atom is 0.326 e. The van der Waals surface area contributed by atoms with Gasteiger partial charge < -0.3 is 10.4 Å². The van der Waals surface area contributed by atoms with E-state index >= 15 is 0 Å². The maximum absolute atomic E-state index is 13.1. The van der Waals surface area contributed by atoms with Crippen LogP contribution in [0.15, 0.2) is 47.4 Å². The molecule has 166 valence electrons. The lowest BCUT2D eigenvalue weighted by atomic mass is 10.1. The summed E-state index contributed by atoms with van der Waals surface area (Å²) in [5.41, 5.74) is 0.513. The molecule has 1 fully saturated rings. The van der Waals surface area contributed by atoms with Crippen LogP contribution in [0.1, 0.15) is 18.4 Å². The summed E-state index contributed by atoms with van der Waals surface area (Å²) in [6, 6.07) is 6.73. The highest BCUT2D eigenvalue weighted by molar-refractivity contribution is 7.89. The Labute approximate surface area is 188 Å². The van der Waals surface area contributed by atoms with Gasteiger partial charge >= 0.3 is 5.97 Å². The number of rotatable bonds is 7. The molecule has 11 heteroatoms. The van der Waals surface area contributed by atoms with E-state index in [1.54, 1.807) is 0 Å². The van der Waals surface area contributed by atoms with Gasteiger partial charge in [-0.25, -0.2) is 17.6 Å². The Morgan fingerprint density at radius 2 is 1.77 bits per heavy atom. The summed E-state index contributed by atoms with van der Waals surface area (Å²) in [5.74, 6) is -2.47. The lowest BCUT2D eigenvalue weighted by Gasteiger charge is -2.25. The maximum atomic E-state index is 13.1. The average Bonchev–Trinajstić information content (AvgIpc) is 3.19. The SMILES string of the molecule is O=C(O)[C@H](Cc1ccc(F)cc1)NC(=O)[C@@H]1CCCN1S(=O)(=O)c1cc(Cl)cc(Cl)c1. The third-order valence-corrected chi connectivity index (χ3v) is 7.24. The van der Waals surface area contributed by atoms with E-state index in [0.717, 1.165) is 4.31 Å². The van der Waals surface area contributed by atoms with Gasteiger partial charge in [0, 0.05) is 23.0 Å². The zero-order valence-corrected chi connectivity index (χ0v) is 18.4. The first-order valence-corrected chi connectivity index (χ1v) is 11.5. The number of benzene rings is 2. The average molecular weight is 489 g/mol. The molecule has 1 heterocycles. The van der Waals surface area contributed by atoms with E-state index < -0.39 is 39.8 Å². The van der Waals surface area contributed by atoms with Gasteiger partial charge in [0.1, 0.15) is 17.9 Å². The Morgan fingerprint density at radius 1 is 1.16 bits per heavy atom. The lowest BCUT2D eigenvalue weighted by molar-refractivity contribution is -0.142. The molecule has 1 aliphatic rings. The Bertz CT molecular complexity index is 1070. The number of carboxylic acid groups (broad SMARTS) is 1. The van der Waals surface area contributed by atoms with Gasteiger partial charge in [-0.15, -0.1) is 0 Å². The van der Waals surface area contributed by atoms with Crippen molar-refractivity contribution >= 4 is 45.1 Å². The third kappa shape index (κ3) is 5.54. The summed E-state index contributed by atoms with van der Waals surface area (Å²) in [6.45, 7) is 0.0975. The van der Waals surface area contributed by atoms with Gasteiger partial charge in [-0.3, -0.25) is 4.79 Å². The standard InChI is InChI=1S/C20H19Cl2FN2O5S/c21-13-9-14(22)11-16(10-13)31(29,30)25-7-1-2-18(25)19(26)24-17(20(27)28)8-12-3-5-15(23)6-4-12/h3-6,9-11,17-18H,1-2,7-8H2,(H,24,26)(H,27,28)/t17-,18-/m0/s1. The number of halogens is 3. The highest BCUT2D eigenvalue weighted by Crippen LogP contribution is 2.30. The number of amides is 1. The molecule has 1 amide bonds. The first-order chi connectivity index (χ1) is 14.6. The van der Waals surface area contributed by atoms with Gasteiger partial charge in [0.2, 0.25) is 15.9 Å². The van der Waals surface area contributed by atoms with Crippen molar-refractivity contribution in [3.05, 3.63) is 63.9 Å². The molecule has 1 aliphatic heterocycles. The molecule has 0 aromatic heterocycles. The smallest absolute Gasteiger partial charge is 0.326 e. The van der Waals surface area contributed by atoms with Crippen LogP contribution in [0.2, 0.25) is 10.0 Å². The van der Waals surface area contributed by atoms with Crippen molar-refractivity contribution < 1.29 is 27.5 Å². The second-order valence-corrected chi connectivity index (χ2v) is 9.87. The largest absolute Gasteiger partial charge is 0.480 e. The summed E-state index contributed by atoms with van der Waals surface area (Å²) in [7, 11) is -4.08. The van der Waals surface area contributed by atoms with Gasteiger partial charge in [-0.2, -0.15) is 4.31 Å². The van der Waals surface area contributed by atoms with E-state index in [4.69, 9.17) is 23.2 Å². The first kappa shape index (κ1) is 23.5. The van der Waals surface area contributed by atoms with Crippen molar-refractivity contribution in [1.29, 1.82) is 0 Å². The Hall–Kier alpha value is -2.20. The van der Waals surface area contributed by atoms with Crippen LogP contribution >= 0.6 is 23.2 Å². The number of carboxylic acids is 1. The van der Waals surface area contributed by atoms with Crippen LogP contribution in [-0.4, -0.2) is 48.3 Å². The predicted octanol–water partition coefficient (Wildman–Crippen LogP) is 3.10. The molecule has 0 saturated carbocycles. The van der Waals surface area contributed by atoms with Crippen LogP contribution in [0.3, 0.4) is 0 Å². The Kier molecular flexibility index (Phi) is 7.20. The Balaban J connectivity index is 1.79. The van der Waals surface area contributed by atoms with Gasteiger partial charge in [-0.1, -0.05) is 35.3 Å². The molecular formula is C20H19Cl2FN2O5S. The van der Waals surface area contributed by atoms with Gasteiger partial charge in [0.15, 0.2) is 0 Å². The summed E-state index contributed by atoms with van der Waals surface area (Å²) >= 11 is 11.8. The van der Waals surface area contributed by atoms with Crippen molar-refractivity contribution in [3.8, 4) is 0 Å². The van der Waals surface area contributed by atoms with E-state index in [-0.39, 0.29) is 34.3 Å². The molecule has 2 aromatic carbocycles. The fraction of sp³-hybridized carbons (Fsp3) is 0.300. The lowest BCUT2D eigenvalue weighted by Crippen LogP contribution is -2.51. The van der Waals surface area contributed by atoms with Crippen molar-refractivity contribution in [2.24, 2.45) is 0 Å². The molecule has 2 N–H and O–H groups in total. The zero-order chi connectivity index (χ0) is 22.8. The molecule has 2 atom stereocenters. The van der Waals surface area contributed by atoms with E-state index in [2.05, 4.69) is 5.32 Å². The quantitative estimate of drug-likeness (QED) is 0.622. The Morgan fingerprint density at radius 3 is 2.35 bits per heavy atom. The molecule has 0 radical (unpaired) electrons. The number of carbonyl (C=O) groups is 2. The molecule has 0 bridgehead atoms. The van der Waals surface area contributed by atoms with Gasteiger partial charge in [0.25, 0.3) is 0 Å². The fourth-order valence-corrected chi connectivity index (χ4v) is 5.81. The number of sulfonamides is 1. The minimum Gasteiger partial charge on any atom is -0.480 e. The fourth-order valence-electron chi connectivity index (χ4n) is 3.43. The molecule has 0 spiro atoms. The van der Waals surface area contributed by atoms with Crippen molar-refractivity contribution in [3.63, 3.8) is 0 Å². The predicted molar refractivity (Wildman–Crippen MR) is 113 cm³/mol. The molecule has 0 unspecified atom stereocenters. The van der Waals surface area contributed by atoms with Crippen LogP contribution in [-0.2, 0) is 26.0 Å². The molecule has 2 aromatic rings. The monoisotopic (exact) mass is 488 g/mol. The van der Waals surface area contributed by atoms with E-state index in [1.807, 2.05) is 0 Å². The number of hydrogen-bond donors (Lipinski definition) is 2. The van der Waals surface area contributed by atoms with Crippen molar-refractivity contribution in [2.75, 3.05) is 6.54 Å². The van der Waals surface area contributed by atoms with Crippen LogP contribution in [0.5, 0.6) is 0 Å². The van der Waals surface area contributed by atoms with Crippen LogP contribution in [0.25, 0.3) is 0 Å². The highest BCUT2D eigenvalue weighted by Gasteiger charge is 2.40. The normalized spacial score (nSPS) is 18.0. The number of nitrogens with zero attached hydrogens (tertiary/aromatic N) is 1. The number of nitrogens with one attached hydrogen (secondary N) is 1. The second-order valence-electron chi connectivity index (χ2n) is 7.11. The topological polar surface area (TPSA) is 104 Å². The summed E-state index contributed by atoms with van der Waals surface area (Å²) in [6.07, 6.45) is 0.592. The van der Waals surface area contributed by atoms with Crippen LogP contribution in [0.4, 0.5) is 4.39 Å². The minimum atomic E-state index is -4.08. The molecule has 7 nitrogen and oxygen atoms in total. The summed E-state index contributed by atoms with van der Waals surface area (Å²) < 4.78 is 40.3. The van der Waals surface area contributed by atoms with Crippen LogP contribution in [0, 0.1) is 5.82 Å². The van der Waals surface area contributed by atoms with E-state index in [9.17, 15) is 27.5 Å². The van der Waals surface area contributed by atoms with Gasteiger partial charge in [-0.05, 0) is 48.7 Å². The number of hydrogen-bond acceptors (Lipinski definition) is 4. The molecule has 0 aliphatic carbocycles. The molecule has 1 saturated heterocycles. The van der Waals surface area contributed by atoms with Crippen LogP contribution < -0.4 is 5.32 Å². The van der Waals surface area contributed by atoms with Crippen molar-refractivity contribution in [2.45, 2.75) is 36.2 Å². The third-order valence-electron chi connectivity index (χ3n) is 4.92. The summed E-state index contributed by atoms with van der Waals surface area (Å²) in [5, 5.41) is 12.2. The molecule has 31 heavy (non-hydrogen) atoms. The molecule has 3 rings (SSSR count). The first-order valence-electron chi connectivity index (χ1n) is 9.33. The minimum absolute atomic E-state index is 0.0786. The number of carbonyl (C=O) groups excluding carboxylic acids is 1. The van der Waals surface area contributed by atoms with Crippen molar-refractivity contribution in [1.82, 2.24) is 9.62 Å².